The number of halogens is 1. The molecule has 2 amide bonds. The summed E-state index contributed by atoms with van der Waals surface area (Å²) >= 11 is 5.76. The van der Waals surface area contributed by atoms with Gasteiger partial charge < -0.3 is 9.52 Å². The molecule has 0 bridgehead atoms. The van der Waals surface area contributed by atoms with Gasteiger partial charge in [-0.05, 0) is 30.3 Å². The number of hydrazine groups is 1. The molecule has 1 aromatic heterocycles. The van der Waals surface area contributed by atoms with Crippen molar-refractivity contribution in [2.45, 2.75) is 0 Å². The van der Waals surface area contributed by atoms with E-state index in [9.17, 15) is 19.5 Å². The summed E-state index contributed by atoms with van der Waals surface area (Å²) < 4.78 is 5.05. The first kappa shape index (κ1) is 16.5. The summed E-state index contributed by atoms with van der Waals surface area (Å²) in [4.78, 5) is 36.0. The molecular weight excluding hydrogens is 348 g/mol. The summed E-state index contributed by atoms with van der Waals surface area (Å²) in [6, 6.07) is 12.0. The number of para-hydroxylation sites is 1. The Kier molecular flexibility index (Phi) is 4.40. The number of phenolic OH excluding ortho intramolecular Hbond substituents is 1. The molecular formula is C17H11ClN2O5. The lowest BCUT2D eigenvalue weighted by atomic mass is 10.2. The number of hydrogen-bond donors (Lipinski definition) is 3. The summed E-state index contributed by atoms with van der Waals surface area (Å²) in [7, 11) is 0. The number of aromatic hydroxyl groups is 1. The van der Waals surface area contributed by atoms with Crippen LogP contribution < -0.4 is 16.5 Å². The van der Waals surface area contributed by atoms with Gasteiger partial charge in [-0.3, -0.25) is 20.4 Å². The first-order valence-corrected chi connectivity index (χ1v) is 7.45. The maximum absolute atomic E-state index is 12.1. The Morgan fingerprint density at radius 2 is 1.64 bits per heavy atom. The summed E-state index contributed by atoms with van der Waals surface area (Å²) in [5.41, 5.74) is 3.31. The van der Waals surface area contributed by atoms with Crippen molar-refractivity contribution in [3.63, 3.8) is 0 Å². The molecule has 3 rings (SSSR count). The molecule has 0 unspecified atom stereocenters. The van der Waals surface area contributed by atoms with Crippen molar-refractivity contribution in [1.29, 1.82) is 0 Å². The van der Waals surface area contributed by atoms with Crippen molar-refractivity contribution in [1.82, 2.24) is 10.9 Å². The zero-order valence-electron chi connectivity index (χ0n) is 12.6. The predicted octanol–water partition coefficient (Wildman–Crippen LogP) is 2.23. The van der Waals surface area contributed by atoms with E-state index >= 15 is 0 Å². The van der Waals surface area contributed by atoms with Crippen LogP contribution >= 0.6 is 11.6 Å². The van der Waals surface area contributed by atoms with Gasteiger partial charge in [0.05, 0.1) is 5.56 Å². The van der Waals surface area contributed by atoms with Gasteiger partial charge >= 0.3 is 5.63 Å². The Balaban J connectivity index is 1.79. The highest BCUT2D eigenvalue weighted by atomic mass is 35.5. The normalized spacial score (nSPS) is 10.4. The molecule has 0 fully saturated rings. The van der Waals surface area contributed by atoms with E-state index < -0.39 is 17.4 Å². The number of hydrogen-bond acceptors (Lipinski definition) is 5. The lowest BCUT2D eigenvalue weighted by Crippen LogP contribution is -2.43. The van der Waals surface area contributed by atoms with Crippen molar-refractivity contribution in [3.05, 3.63) is 75.1 Å². The molecule has 0 radical (unpaired) electrons. The number of nitrogens with one attached hydrogen (secondary N) is 2. The molecule has 1 heterocycles. The van der Waals surface area contributed by atoms with Gasteiger partial charge in [-0.1, -0.05) is 29.8 Å². The Labute approximate surface area is 145 Å². The van der Waals surface area contributed by atoms with Crippen molar-refractivity contribution in [2.24, 2.45) is 0 Å². The van der Waals surface area contributed by atoms with E-state index in [1.54, 1.807) is 24.3 Å². The third kappa shape index (κ3) is 3.46. The van der Waals surface area contributed by atoms with Crippen molar-refractivity contribution >= 4 is 34.4 Å². The van der Waals surface area contributed by atoms with Crippen LogP contribution in [0, 0.1) is 0 Å². The molecule has 8 heteroatoms. The fourth-order valence-corrected chi connectivity index (χ4v) is 2.33. The highest BCUT2D eigenvalue weighted by molar-refractivity contribution is 6.31. The van der Waals surface area contributed by atoms with Gasteiger partial charge in [0.15, 0.2) is 0 Å². The second kappa shape index (κ2) is 6.66. The van der Waals surface area contributed by atoms with Gasteiger partial charge in [0.1, 0.15) is 16.9 Å². The summed E-state index contributed by atoms with van der Waals surface area (Å²) in [6.07, 6.45) is 0. The maximum atomic E-state index is 12.1. The van der Waals surface area contributed by atoms with Crippen LogP contribution in [0.3, 0.4) is 0 Å². The Morgan fingerprint density at radius 3 is 2.40 bits per heavy atom. The number of rotatable bonds is 2. The lowest BCUT2D eigenvalue weighted by molar-refractivity contribution is 0.0843. The zero-order chi connectivity index (χ0) is 18.0. The van der Waals surface area contributed by atoms with Crippen molar-refractivity contribution < 1.29 is 19.1 Å². The number of carbonyl (C=O) groups excluding carboxylic acids is 2. The highest BCUT2D eigenvalue weighted by Crippen LogP contribution is 2.21. The molecule has 7 nitrogen and oxygen atoms in total. The maximum Gasteiger partial charge on any atom is 0.349 e. The average Bonchev–Trinajstić information content (AvgIpc) is 2.60. The Hall–Kier alpha value is -3.32. The second-order valence-corrected chi connectivity index (χ2v) is 5.49. The first-order valence-electron chi connectivity index (χ1n) is 7.08. The summed E-state index contributed by atoms with van der Waals surface area (Å²) in [5.74, 6) is -1.95. The van der Waals surface area contributed by atoms with Gasteiger partial charge in [0.25, 0.3) is 11.8 Å². The molecule has 0 saturated heterocycles. The molecule has 0 atom stereocenters. The molecule has 3 N–H and O–H groups in total. The van der Waals surface area contributed by atoms with Crippen LogP contribution in [0.25, 0.3) is 11.0 Å². The van der Waals surface area contributed by atoms with Crippen LogP contribution in [-0.4, -0.2) is 16.9 Å². The monoisotopic (exact) mass is 358 g/mol. The number of phenols is 1. The molecule has 0 spiro atoms. The minimum atomic E-state index is -0.852. The molecule has 25 heavy (non-hydrogen) atoms. The summed E-state index contributed by atoms with van der Waals surface area (Å²) in [5, 5.41) is 10.5. The topological polar surface area (TPSA) is 109 Å². The fourth-order valence-electron chi connectivity index (χ4n) is 2.16. The molecule has 0 saturated carbocycles. The van der Waals surface area contributed by atoms with Crippen LogP contribution in [0.1, 0.15) is 20.7 Å². The second-order valence-electron chi connectivity index (χ2n) is 5.06. The molecule has 0 aliphatic rings. The molecule has 0 aliphatic carbocycles. The Morgan fingerprint density at radius 1 is 0.960 bits per heavy atom. The van der Waals surface area contributed by atoms with Gasteiger partial charge in [-0.15, -0.1) is 0 Å². The average molecular weight is 359 g/mol. The summed E-state index contributed by atoms with van der Waals surface area (Å²) in [6.45, 7) is 0. The first-order chi connectivity index (χ1) is 12.0. The van der Waals surface area contributed by atoms with Crippen LogP contribution in [0.15, 0.2) is 57.7 Å². The van der Waals surface area contributed by atoms with Crippen LogP contribution in [-0.2, 0) is 0 Å². The Bertz CT molecular complexity index is 1040. The minimum absolute atomic E-state index is 0.127. The number of fused-ring (bicyclic) bond motifs is 1. The van der Waals surface area contributed by atoms with Crippen LogP contribution in [0.2, 0.25) is 5.02 Å². The van der Waals surface area contributed by atoms with Crippen molar-refractivity contribution in [2.75, 3.05) is 0 Å². The van der Waals surface area contributed by atoms with Gasteiger partial charge in [0.2, 0.25) is 0 Å². The van der Waals surface area contributed by atoms with E-state index in [1.165, 1.54) is 24.3 Å². The van der Waals surface area contributed by atoms with E-state index in [-0.39, 0.29) is 21.9 Å². The van der Waals surface area contributed by atoms with E-state index in [1.807, 2.05) is 0 Å². The minimum Gasteiger partial charge on any atom is -0.507 e. The molecule has 3 aromatic rings. The number of amides is 2. The third-order valence-corrected chi connectivity index (χ3v) is 3.61. The predicted molar refractivity (Wildman–Crippen MR) is 90.5 cm³/mol. The SMILES string of the molecule is O=C(NNC(=O)c1cc2ccccc2oc1=O)c1cc(Cl)ccc1O. The van der Waals surface area contributed by atoms with Gasteiger partial charge in [0, 0.05) is 10.4 Å². The number of carbonyl (C=O) groups is 2. The largest absolute Gasteiger partial charge is 0.507 e. The molecule has 0 aliphatic heterocycles. The van der Waals surface area contributed by atoms with Crippen LogP contribution in [0.4, 0.5) is 0 Å². The highest BCUT2D eigenvalue weighted by Gasteiger charge is 2.16. The van der Waals surface area contributed by atoms with Gasteiger partial charge in [-0.2, -0.15) is 0 Å². The van der Waals surface area contributed by atoms with E-state index in [0.29, 0.717) is 11.0 Å². The lowest BCUT2D eigenvalue weighted by Gasteiger charge is -2.08. The van der Waals surface area contributed by atoms with Crippen LogP contribution in [0.5, 0.6) is 5.75 Å². The van der Waals surface area contributed by atoms with E-state index in [4.69, 9.17) is 16.0 Å². The fraction of sp³-hybridized carbons (Fsp3) is 0. The zero-order valence-corrected chi connectivity index (χ0v) is 13.3. The van der Waals surface area contributed by atoms with Crippen molar-refractivity contribution in [3.8, 4) is 5.75 Å². The van der Waals surface area contributed by atoms with E-state index in [2.05, 4.69) is 10.9 Å². The molecule has 126 valence electrons. The van der Waals surface area contributed by atoms with Gasteiger partial charge in [-0.25, -0.2) is 4.79 Å². The quantitative estimate of drug-likeness (QED) is 0.481. The van der Waals surface area contributed by atoms with E-state index in [0.717, 1.165) is 0 Å². The molecule has 2 aromatic carbocycles. The standard InChI is InChI=1S/C17H11ClN2O5/c18-10-5-6-13(21)11(8-10)15(22)19-20-16(23)12-7-9-3-1-2-4-14(9)25-17(12)24/h1-8,21H,(H,19,22)(H,20,23). The smallest absolute Gasteiger partial charge is 0.349 e. The number of benzene rings is 2. The third-order valence-electron chi connectivity index (χ3n) is 3.38.